The lowest BCUT2D eigenvalue weighted by Crippen LogP contribution is -2.22. The van der Waals surface area contributed by atoms with Crippen LogP contribution in [0.3, 0.4) is 0 Å². The number of nitrogens with one attached hydrogen (secondary N) is 1. The fourth-order valence-corrected chi connectivity index (χ4v) is 1.48. The molecule has 5 heteroatoms. The number of hydrogen-bond donors (Lipinski definition) is 1. The highest BCUT2D eigenvalue weighted by Gasteiger charge is 2.09. The van der Waals surface area contributed by atoms with Crippen molar-refractivity contribution in [1.29, 1.82) is 0 Å². The second kappa shape index (κ2) is 6.15. The van der Waals surface area contributed by atoms with Gasteiger partial charge in [0.1, 0.15) is 5.82 Å². The molecular formula is C11H14F3NS. The lowest BCUT2D eigenvalue weighted by atomic mass is 10.2. The molecule has 0 saturated carbocycles. The summed E-state index contributed by atoms with van der Waals surface area (Å²) < 4.78 is 38.6. The van der Waals surface area contributed by atoms with Crippen LogP contribution in [0.4, 0.5) is 13.2 Å². The van der Waals surface area contributed by atoms with Crippen molar-refractivity contribution in [3.63, 3.8) is 0 Å². The second-order valence-electron chi connectivity index (χ2n) is 3.53. The molecule has 90 valence electrons. The van der Waals surface area contributed by atoms with Crippen LogP contribution in [-0.2, 0) is 6.54 Å². The molecule has 1 unspecified atom stereocenters. The summed E-state index contributed by atoms with van der Waals surface area (Å²) in [6, 6.07) is 1.46. The minimum Gasteiger partial charge on any atom is -0.311 e. The SMILES string of the molecule is CSC(C)CNCc1cc(F)c(F)cc1F. The average Bonchev–Trinajstić information content (AvgIpc) is 2.25. The molecule has 0 saturated heterocycles. The standard InChI is InChI=1S/C11H14F3NS/c1-7(16-2)5-15-6-8-3-10(13)11(14)4-9(8)12/h3-4,7,15H,5-6H2,1-2H3. The van der Waals surface area contributed by atoms with Crippen molar-refractivity contribution >= 4 is 11.8 Å². The zero-order chi connectivity index (χ0) is 12.1. The Labute approximate surface area is 97.4 Å². The highest BCUT2D eigenvalue weighted by molar-refractivity contribution is 7.99. The van der Waals surface area contributed by atoms with Gasteiger partial charge < -0.3 is 5.32 Å². The quantitative estimate of drug-likeness (QED) is 0.805. The van der Waals surface area contributed by atoms with E-state index in [4.69, 9.17) is 0 Å². The maximum atomic E-state index is 13.2. The Hall–Kier alpha value is -0.680. The summed E-state index contributed by atoms with van der Waals surface area (Å²) in [6.07, 6.45) is 1.98. The first-order valence-corrected chi connectivity index (χ1v) is 6.20. The Morgan fingerprint density at radius 1 is 1.19 bits per heavy atom. The molecule has 16 heavy (non-hydrogen) atoms. The molecule has 0 aliphatic carbocycles. The van der Waals surface area contributed by atoms with Crippen molar-refractivity contribution in [3.8, 4) is 0 Å². The third-order valence-corrected chi connectivity index (χ3v) is 3.21. The van der Waals surface area contributed by atoms with Gasteiger partial charge >= 0.3 is 0 Å². The summed E-state index contributed by atoms with van der Waals surface area (Å²) in [6.45, 7) is 2.92. The smallest absolute Gasteiger partial charge is 0.161 e. The zero-order valence-corrected chi connectivity index (χ0v) is 10.0. The van der Waals surface area contributed by atoms with Gasteiger partial charge in [-0.3, -0.25) is 0 Å². The number of halogens is 3. The van der Waals surface area contributed by atoms with Crippen LogP contribution < -0.4 is 5.32 Å². The molecule has 0 aliphatic heterocycles. The molecule has 0 amide bonds. The molecule has 1 atom stereocenters. The van der Waals surface area contributed by atoms with Crippen LogP contribution in [0.25, 0.3) is 0 Å². The highest BCUT2D eigenvalue weighted by atomic mass is 32.2. The van der Waals surface area contributed by atoms with Crippen LogP contribution in [0.15, 0.2) is 12.1 Å². The molecule has 0 radical (unpaired) electrons. The van der Waals surface area contributed by atoms with Gasteiger partial charge in [-0.25, -0.2) is 13.2 Å². The fourth-order valence-electron chi connectivity index (χ4n) is 1.19. The second-order valence-corrected chi connectivity index (χ2v) is 4.81. The van der Waals surface area contributed by atoms with Crippen molar-refractivity contribution in [1.82, 2.24) is 5.32 Å². The first kappa shape index (κ1) is 13.4. The zero-order valence-electron chi connectivity index (χ0n) is 9.19. The molecular weight excluding hydrogens is 235 g/mol. The van der Waals surface area contributed by atoms with E-state index in [1.807, 2.05) is 13.2 Å². The van der Waals surface area contributed by atoms with E-state index >= 15 is 0 Å². The van der Waals surface area contributed by atoms with Crippen molar-refractivity contribution in [2.75, 3.05) is 12.8 Å². The van der Waals surface area contributed by atoms with E-state index in [9.17, 15) is 13.2 Å². The molecule has 0 aromatic heterocycles. The van der Waals surface area contributed by atoms with E-state index in [-0.39, 0.29) is 12.1 Å². The van der Waals surface area contributed by atoms with Crippen molar-refractivity contribution < 1.29 is 13.2 Å². The summed E-state index contributed by atoms with van der Waals surface area (Å²) in [5.74, 6) is -2.89. The predicted octanol–water partition coefficient (Wildman–Crippen LogP) is 2.95. The molecule has 0 fully saturated rings. The first-order chi connectivity index (χ1) is 7.54. The van der Waals surface area contributed by atoms with Gasteiger partial charge in [0.05, 0.1) is 0 Å². The number of benzene rings is 1. The highest BCUT2D eigenvalue weighted by Crippen LogP contribution is 2.13. The first-order valence-electron chi connectivity index (χ1n) is 4.91. The van der Waals surface area contributed by atoms with E-state index in [1.165, 1.54) is 0 Å². The molecule has 1 aromatic carbocycles. The van der Waals surface area contributed by atoms with Crippen LogP contribution in [0, 0.1) is 17.5 Å². The van der Waals surface area contributed by atoms with Crippen molar-refractivity contribution in [3.05, 3.63) is 35.1 Å². The summed E-state index contributed by atoms with van der Waals surface area (Å²) >= 11 is 1.68. The Morgan fingerprint density at radius 2 is 1.81 bits per heavy atom. The third-order valence-electron chi connectivity index (χ3n) is 2.24. The van der Waals surface area contributed by atoms with Crippen molar-refractivity contribution in [2.24, 2.45) is 0 Å². The van der Waals surface area contributed by atoms with Crippen LogP contribution >= 0.6 is 11.8 Å². The normalized spacial score (nSPS) is 12.8. The summed E-state index contributed by atoms with van der Waals surface area (Å²) in [5.41, 5.74) is 0.146. The van der Waals surface area contributed by atoms with Gasteiger partial charge in [0, 0.05) is 30.0 Å². The molecule has 1 rings (SSSR count). The van der Waals surface area contributed by atoms with Gasteiger partial charge in [-0.15, -0.1) is 0 Å². The van der Waals surface area contributed by atoms with E-state index in [1.54, 1.807) is 11.8 Å². The van der Waals surface area contributed by atoms with Gasteiger partial charge in [-0.05, 0) is 12.3 Å². The maximum absolute atomic E-state index is 13.2. The molecule has 0 aliphatic rings. The Balaban J connectivity index is 2.57. The van der Waals surface area contributed by atoms with Gasteiger partial charge in [0.15, 0.2) is 11.6 Å². The molecule has 0 spiro atoms. The minimum atomic E-state index is -1.15. The van der Waals surface area contributed by atoms with Crippen LogP contribution in [-0.4, -0.2) is 18.1 Å². The minimum absolute atomic E-state index is 0.146. The number of hydrogen-bond acceptors (Lipinski definition) is 2. The van der Waals surface area contributed by atoms with Gasteiger partial charge in [-0.2, -0.15) is 11.8 Å². The lowest BCUT2D eigenvalue weighted by molar-refractivity contribution is 0.487. The number of rotatable bonds is 5. The van der Waals surface area contributed by atoms with E-state index in [2.05, 4.69) is 5.32 Å². The Kier molecular flexibility index (Phi) is 5.15. The summed E-state index contributed by atoms with van der Waals surface area (Å²) in [5, 5.41) is 3.39. The van der Waals surface area contributed by atoms with E-state index in [0.717, 1.165) is 6.07 Å². The molecule has 1 aromatic rings. The molecule has 1 N–H and O–H groups in total. The van der Waals surface area contributed by atoms with Gasteiger partial charge in [0.25, 0.3) is 0 Å². The maximum Gasteiger partial charge on any atom is 0.161 e. The average molecular weight is 249 g/mol. The van der Waals surface area contributed by atoms with Gasteiger partial charge in [-0.1, -0.05) is 6.92 Å². The third kappa shape index (κ3) is 3.72. The van der Waals surface area contributed by atoms with Gasteiger partial charge in [0.2, 0.25) is 0 Å². The summed E-state index contributed by atoms with van der Waals surface area (Å²) in [4.78, 5) is 0. The Bertz CT molecular complexity index is 357. The monoisotopic (exact) mass is 249 g/mol. The lowest BCUT2D eigenvalue weighted by Gasteiger charge is -2.10. The topological polar surface area (TPSA) is 12.0 Å². The van der Waals surface area contributed by atoms with Crippen LogP contribution in [0.5, 0.6) is 0 Å². The van der Waals surface area contributed by atoms with Crippen LogP contribution in [0.2, 0.25) is 0 Å². The Morgan fingerprint density at radius 3 is 2.44 bits per heavy atom. The molecule has 0 heterocycles. The van der Waals surface area contributed by atoms with E-state index < -0.39 is 17.5 Å². The molecule has 0 bridgehead atoms. The van der Waals surface area contributed by atoms with E-state index in [0.29, 0.717) is 17.9 Å². The predicted molar refractivity (Wildman–Crippen MR) is 61.0 cm³/mol. The number of thioether (sulfide) groups is 1. The molecule has 1 nitrogen and oxygen atoms in total. The largest absolute Gasteiger partial charge is 0.311 e. The fraction of sp³-hybridized carbons (Fsp3) is 0.455. The summed E-state index contributed by atoms with van der Waals surface area (Å²) in [7, 11) is 0. The van der Waals surface area contributed by atoms with Crippen molar-refractivity contribution in [2.45, 2.75) is 18.7 Å². The van der Waals surface area contributed by atoms with Crippen LogP contribution in [0.1, 0.15) is 12.5 Å².